The van der Waals surface area contributed by atoms with Crippen molar-refractivity contribution in [3.63, 3.8) is 0 Å². The van der Waals surface area contributed by atoms with Crippen molar-refractivity contribution in [3.8, 4) is 5.88 Å². The first kappa shape index (κ1) is 10.7. The molecule has 6 heteroatoms. The molecule has 1 saturated heterocycles. The molecular formula is C10H14N4O2. The quantitative estimate of drug-likeness (QED) is 0.787. The number of hydrogen-bond acceptors (Lipinski definition) is 5. The highest BCUT2D eigenvalue weighted by atomic mass is 16.5. The van der Waals surface area contributed by atoms with E-state index in [0.717, 1.165) is 13.0 Å². The van der Waals surface area contributed by atoms with Crippen LogP contribution in [0.15, 0.2) is 12.4 Å². The predicted molar refractivity (Wildman–Crippen MR) is 58.2 cm³/mol. The molecule has 0 saturated carbocycles. The molecule has 0 aliphatic carbocycles. The molecule has 1 aromatic heterocycles. The lowest BCUT2D eigenvalue weighted by molar-refractivity contribution is -0.127. The fourth-order valence-corrected chi connectivity index (χ4v) is 1.66. The Bertz CT molecular complexity index is 396. The van der Waals surface area contributed by atoms with Crippen LogP contribution >= 0.6 is 0 Å². The van der Waals surface area contributed by atoms with Gasteiger partial charge in [-0.1, -0.05) is 0 Å². The summed E-state index contributed by atoms with van der Waals surface area (Å²) in [6.45, 7) is 0.777. The number of carbonyl (C=O) groups is 1. The van der Waals surface area contributed by atoms with E-state index in [2.05, 4.69) is 15.3 Å². The predicted octanol–water partition coefficient (Wildman–Crippen LogP) is 0.128. The minimum Gasteiger partial charge on any atom is -0.481 e. The number of carbonyl (C=O) groups excluding carboxylic acids is 1. The van der Waals surface area contributed by atoms with Gasteiger partial charge >= 0.3 is 0 Å². The highest BCUT2D eigenvalue weighted by Gasteiger charge is 2.29. The minimum absolute atomic E-state index is 0.0950. The Balaban J connectivity index is 2.06. The van der Waals surface area contributed by atoms with Crippen LogP contribution in [0.4, 0.5) is 5.82 Å². The summed E-state index contributed by atoms with van der Waals surface area (Å²) < 4.78 is 4.98. The van der Waals surface area contributed by atoms with Gasteiger partial charge in [-0.2, -0.15) is 0 Å². The Morgan fingerprint density at radius 2 is 2.38 bits per heavy atom. The van der Waals surface area contributed by atoms with Gasteiger partial charge in [-0.3, -0.25) is 4.79 Å². The van der Waals surface area contributed by atoms with Gasteiger partial charge in [0.15, 0.2) is 0 Å². The molecule has 1 amide bonds. The number of likely N-dealkylation sites (N-methyl/N-ethyl adjacent to an activating group) is 1. The Morgan fingerprint density at radius 1 is 1.56 bits per heavy atom. The van der Waals surface area contributed by atoms with Crippen LogP contribution in [0.1, 0.15) is 6.42 Å². The number of anilines is 1. The van der Waals surface area contributed by atoms with Crippen LogP contribution in [0.5, 0.6) is 5.88 Å². The van der Waals surface area contributed by atoms with Crippen molar-refractivity contribution in [3.05, 3.63) is 12.4 Å². The second-order valence-electron chi connectivity index (χ2n) is 3.69. The largest absolute Gasteiger partial charge is 0.481 e. The Kier molecular flexibility index (Phi) is 2.89. The molecule has 86 valence electrons. The highest BCUT2D eigenvalue weighted by Crippen LogP contribution is 2.16. The van der Waals surface area contributed by atoms with Crippen molar-refractivity contribution in [1.29, 1.82) is 0 Å². The molecule has 1 unspecified atom stereocenters. The van der Waals surface area contributed by atoms with E-state index < -0.39 is 0 Å². The maximum Gasteiger partial charge on any atom is 0.244 e. The number of nitrogens with one attached hydrogen (secondary N) is 1. The number of ether oxygens (including phenoxy) is 1. The van der Waals surface area contributed by atoms with Crippen LogP contribution in [-0.4, -0.2) is 47.5 Å². The van der Waals surface area contributed by atoms with Gasteiger partial charge in [0.2, 0.25) is 11.8 Å². The van der Waals surface area contributed by atoms with Crippen molar-refractivity contribution in [2.45, 2.75) is 12.5 Å². The average molecular weight is 222 g/mol. The van der Waals surface area contributed by atoms with E-state index in [1.54, 1.807) is 25.1 Å². The van der Waals surface area contributed by atoms with Crippen LogP contribution in [0, 0.1) is 0 Å². The Hall–Kier alpha value is -1.85. The van der Waals surface area contributed by atoms with E-state index in [-0.39, 0.29) is 11.9 Å². The third kappa shape index (κ3) is 2.05. The summed E-state index contributed by atoms with van der Waals surface area (Å²) in [6, 6.07) is 1.48. The molecule has 1 atom stereocenters. The maximum absolute atomic E-state index is 11.7. The zero-order valence-electron chi connectivity index (χ0n) is 9.30. The van der Waals surface area contributed by atoms with Gasteiger partial charge in [0, 0.05) is 19.7 Å². The summed E-state index contributed by atoms with van der Waals surface area (Å²) in [7, 11) is 3.34. The van der Waals surface area contributed by atoms with Crippen molar-refractivity contribution in [1.82, 2.24) is 14.9 Å². The summed E-state index contributed by atoms with van der Waals surface area (Å²) in [5.74, 6) is 1.19. The van der Waals surface area contributed by atoms with E-state index in [4.69, 9.17) is 4.74 Å². The molecule has 2 rings (SSSR count). The molecular weight excluding hydrogens is 208 g/mol. The van der Waals surface area contributed by atoms with E-state index in [1.807, 2.05) is 0 Å². The molecule has 0 radical (unpaired) electrons. The number of hydrogen-bond donors (Lipinski definition) is 1. The van der Waals surface area contributed by atoms with Crippen LogP contribution in [0.3, 0.4) is 0 Å². The van der Waals surface area contributed by atoms with Gasteiger partial charge in [0.1, 0.15) is 18.2 Å². The van der Waals surface area contributed by atoms with E-state index >= 15 is 0 Å². The van der Waals surface area contributed by atoms with Crippen molar-refractivity contribution in [2.24, 2.45) is 0 Å². The van der Waals surface area contributed by atoms with Gasteiger partial charge in [-0.05, 0) is 6.42 Å². The number of nitrogens with zero attached hydrogens (tertiary/aromatic N) is 3. The summed E-state index contributed by atoms with van der Waals surface area (Å²) in [5, 5.41) is 3.07. The topological polar surface area (TPSA) is 67.3 Å². The van der Waals surface area contributed by atoms with Gasteiger partial charge in [0.05, 0.1) is 7.11 Å². The molecule has 6 nitrogen and oxygen atoms in total. The van der Waals surface area contributed by atoms with Crippen LogP contribution in [0.25, 0.3) is 0 Å². The monoisotopic (exact) mass is 222 g/mol. The third-order valence-electron chi connectivity index (χ3n) is 2.60. The lowest BCUT2D eigenvalue weighted by Crippen LogP contribution is -2.31. The molecule has 2 heterocycles. The second-order valence-corrected chi connectivity index (χ2v) is 3.69. The molecule has 0 bridgehead atoms. The summed E-state index contributed by atoms with van der Waals surface area (Å²) in [5.41, 5.74) is 0. The zero-order chi connectivity index (χ0) is 11.5. The van der Waals surface area contributed by atoms with Crippen molar-refractivity contribution >= 4 is 11.7 Å². The molecule has 1 fully saturated rings. The van der Waals surface area contributed by atoms with Gasteiger partial charge in [0.25, 0.3) is 0 Å². The number of methoxy groups -OCH3 is 1. The van der Waals surface area contributed by atoms with Gasteiger partial charge in [-0.25, -0.2) is 9.97 Å². The molecule has 1 aliphatic rings. The standard InChI is InChI=1S/C10H14N4O2/c1-14-4-3-7(10(14)15)13-8-5-9(16-2)12-6-11-8/h5-7H,3-4H2,1-2H3,(H,11,12,13). The van der Waals surface area contributed by atoms with Crippen LogP contribution < -0.4 is 10.1 Å². The zero-order valence-corrected chi connectivity index (χ0v) is 9.30. The third-order valence-corrected chi connectivity index (χ3v) is 2.60. The normalized spacial score (nSPS) is 20.0. The molecule has 1 aliphatic heterocycles. The van der Waals surface area contributed by atoms with Gasteiger partial charge in [-0.15, -0.1) is 0 Å². The van der Waals surface area contributed by atoms with Crippen molar-refractivity contribution < 1.29 is 9.53 Å². The molecule has 1 N–H and O–H groups in total. The number of aromatic nitrogens is 2. The highest BCUT2D eigenvalue weighted by molar-refractivity contribution is 5.86. The number of amides is 1. The minimum atomic E-state index is -0.190. The summed E-state index contributed by atoms with van der Waals surface area (Å²) >= 11 is 0. The fourth-order valence-electron chi connectivity index (χ4n) is 1.66. The molecule has 0 spiro atoms. The lowest BCUT2D eigenvalue weighted by atomic mass is 10.2. The SMILES string of the molecule is COc1cc(NC2CCN(C)C2=O)ncn1. The first-order valence-corrected chi connectivity index (χ1v) is 5.08. The van der Waals surface area contributed by atoms with Crippen molar-refractivity contribution in [2.75, 3.05) is 26.0 Å². The van der Waals surface area contributed by atoms with Crippen LogP contribution in [-0.2, 0) is 4.79 Å². The first-order valence-electron chi connectivity index (χ1n) is 5.08. The maximum atomic E-state index is 11.7. The number of likely N-dealkylation sites (tertiary alicyclic amines) is 1. The van der Waals surface area contributed by atoms with E-state index in [0.29, 0.717) is 11.7 Å². The van der Waals surface area contributed by atoms with E-state index in [1.165, 1.54) is 6.33 Å². The molecule has 0 aromatic carbocycles. The molecule has 1 aromatic rings. The fraction of sp³-hybridized carbons (Fsp3) is 0.500. The number of rotatable bonds is 3. The van der Waals surface area contributed by atoms with Gasteiger partial charge < -0.3 is 15.0 Å². The second kappa shape index (κ2) is 4.34. The van der Waals surface area contributed by atoms with Crippen LogP contribution in [0.2, 0.25) is 0 Å². The first-order chi connectivity index (χ1) is 7.70. The smallest absolute Gasteiger partial charge is 0.244 e. The summed E-state index contributed by atoms with van der Waals surface area (Å²) in [4.78, 5) is 21.3. The van der Waals surface area contributed by atoms with E-state index in [9.17, 15) is 4.79 Å². The summed E-state index contributed by atoms with van der Waals surface area (Å²) in [6.07, 6.45) is 2.20. The average Bonchev–Trinajstić information content (AvgIpc) is 2.61. The lowest BCUT2D eigenvalue weighted by Gasteiger charge is -2.12. The molecule has 16 heavy (non-hydrogen) atoms. The Labute approximate surface area is 93.6 Å². The Morgan fingerprint density at radius 3 is 3.00 bits per heavy atom.